The van der Waals surface area contributed by atoms with E-state index in [9.17, 15) is 9.90 Å². The van der Waals surface area contributed by atoms with Gasteiger partial charge in [0.25, 0.3) is 5.91 Å². The highest BCUT2D eigenvalue weighted by atomic mass is 16.3. The lowest BCUT2D eigenvalue weighted by molar-refractivity contribution is 0.0808. The van der Waals surface area contributed by atoms with Crippen molar-refractivity contribution in [1.29, 1.82) is 0 Å². The second-order valence-corrected chi connectivity index (χ2v) is 6.64. The summed E-state index contributed by atoms with van der Waals surface area (Å²) in [5.41, 5.74) is 2.27. The smallest absolute Gasteiger partial charge is 0.251 e. The van der Waals surface area contributed by atoms with Crippen molar-refractivity contribution in [3.63, 3.8) is 0 Å². The molecular formula is C20H20N2O2. The number of rotatable bonds is 5. The summed E-state index contributed by atoms with van der Waals surface area (Å²) in [6.45, 7) is 0.491. The lowest BCUT2D eigenvalue weighted by Crippen LogP contribution is -2.33. The van der Waals surface area contributed by atoms with Gasteiger partial charge in [-0.1, -0.05) is 36.4 Å². The molecule has 122 valence electrons. The molecule has 1 aliphatic carbocycles. The van der Waals surface area contributed by atoms with Crippen LogP contribution in [0.2, 0.25) is 0 Å². The van der Waals surface area contributed by atoms with Crippen molar-refractivity contribution in [3.8, 4) is 0 Å². The summed E-state index contributed by atoms with van der Waals surface area (Å²) < 4.78 is 0. The molecule has 0 aliphatic heterocycles. The minimum absolute atomic E-state index is 0.0990. The fraction of sp³-hybridized carbons (Fsp3) is 0.250. The van der Waals surface area contributed by atoms with Crippen LogP contribution in [-0.4, -0.2) is 22.5 Å². The van der Waals surface area contributed by atoms with E-state index in [0.29, 0.717) is 12.1 Å². The number of fused-ring (bicyclic) bond motifs is 1. The minimum atomic E-state index is -0.537. The van der Waals surface area contributed by atoms with Gasteiger partial charge in [-0.2, -0.15) is 0 Å². The minimum Gasteiger partial charge on any atom is -0.388 e. The molecule has 1 fully saturated rings. The van der Waals surface area contributed by atoms with Crippen LogP contribution in [0.15, 0.2) is 60.8 Å². The molecular weight excluding hydrogens is 300 g/mol. The number of benzene rings is 2. The Kier molecular flexibility index (Phi) is 3.62. The average Bonchev–Trinajstić information content (AvgIpc) is 3.28. The summed E-state index contributed by atoms with van der Waals surface area (Å²) in [5, 5.41) is 14.7. The van der Waals surface area contributed by atoms with Crippen molar-refractivity contribution in [2.45, 2.75) is 18.9 Å². The van der Waals surface area contributed by atoms with E-state index in [1.807, 2.05) is 60.8 Å². The molecule has 1 heterocycles. The van der Waals surface area contributed by atoms with Crippen LogP contribution in [0.4, 0.5) is 0 Å². The van der Waals surface area contributed by atoms with Gasteiger partial charge in [0.05, 0.1) is 6.10 Å². The third-order valence-corrected chi connectivity index (χ3v) is 5.01. The third kappa shape index (κ3) is 2.69. The van der Waals surface area contributed by atoms with Gasteiger partial charge in [0.1, 0.15) is 0 Å². The second-order valence-electron chi connectivity index (χ2n) is 6.64. The zero-order valence-electron chi connectivity index (χ0n) is 13.3. The van der Waals surface area contributed by atoms with E-state index in [0.717, 1.165) is 29.3 Å². The SMILES string of the molecule is O=C(NCC1(C(O)c2ccccc2)CC1)c1ccc2cc[nH]c2c1. The Bertz CT molecular complexity index is 865. The molecule has 1 unspecified atom stereocenters. The van der Waals surface area contributed by atoms with Gasteiger partial charge in [0, 0.05) is 29.2 Å². The second kappa shape index (κ2) is 5.80. The molecule has 4 rings (SSSR count). The van der Waals surface area contributed by atoms with Crippen LogP contribution in [0.25, 0.3) is 10.9 Å². The standard InChI is InChI=1S/C20H20N2O2/c23-18(15-4-2-1-3-5-15)20(9-10-20)13-22-19(24)16-7-6-14-8-11-21-17(14)12-16/h1-8,11-12,18,21,23H,9-10,13H2,(H,22,24). The summed E-state index contributed by atoms with van der Waals surface area (Å²) in [6, 6.07) is 17.3. The van der Waals surface area contributed by atoms with Gasteiger partial charge in [-0.15, -0.1) is 0 Å². The summed E-state index contributed by atoms with van der Waals surface area (Å²) >= 11 is 0. The Labute approximate surface area is 140 Å². The number of carbonyl (C=O) groups is 1. The molecule has 3 aromatic rings. The highest BCUT2D eigenvalue weighted by Crippen LogP contribution is 2.54. The van der Waals surface area contributed by atoms with Crippen molar-refractivity contribution >= 4 is 16.8 Å². The van der Waals surface area contributed by atoms with Gasteiger partial charge in [-0.05, 0) is 42.0 Å². The normalized spacial score (nSPS) is 16.7. The van der Waals surface area contributed by atoms with E-state index in [4.69, 9.17) is 0 Å². The van der Waals surface area contributed by atoms with Crippen molar-refractivity contribution in [3.05, 3.63) is 71.9 Å². The van der Waals surface area contributed by atoms with Gasteiger partial charge >= 0.3 is 0 Å². The molecule has 0 bridgehead atoms. The molecule has 4 heteroatoms. The molecule has 1 amide bonds. The van der Waals surface area contributed by atoms with Gasteiger partial charge < -0.3 is 15.4 Å². The average molecular weight is 320 g/mol. The van der Waals surface area contributed by atoms with Gasteiger partial charge in [-0.3, -0.25) is 4.79 Å². The molecule has 0 spiro atoms. The van der Waals surface area contributed by atoms with Crippen LogP contribution in [0, 0.1) is 5.41 Å². The quantitative estimate of drug-likeness (QED) is 0.674. The van der Waals surface area contributed by atoms with E-state index in [1.165, 1.54) is 0 Å². The lowest BCUT2D eigenvalue weighted by atomic mass is 9.92. The highest BCUT2D eigenvalue weighted by molar-refractivity contribution is 5.97. The summed E-state index contributed by atoms with van der Waals surface area (Å²) in [4.78, 5) is 15.6. The maximum atomic E-state index is 12.4. The van der Waals surface area contributed by atoms with E-state index in [1.54, 1.807) is 0 Å². The van der Waals surface area contributed by atoms with Crippen LogP contribution >= 0.6 is 0 Å². The maximum absolute atomic E-state index is 12.4. The van der Waals surface area contributed by atoms with E-state index in [-0.39, 0.29) is 11.3 Å². The number of aliphatic hydroxyl groups is 1. The number of aromatic amines is 1. The number of H-pyrrole nitrogens is 1. The molecule has 0 radical (unpaired) electrons. The summed E-state index contributed by atoms with van der Waals surface area (Å²) in [6.07, 6.45) is 3.18. The molecule has 24 heavy (non-hydrogen) atoms. The maximum Gasteiger partial charge on any atom is 0.251 e. The topological polar surface area (TPSA) is 65.1 Å². The summed E-state index contributed by atoms with van der Waals surface area (Å²) in [5.74, 6) is -0.0990. The Hall–Kier alpha value is -2.59. The van der Waals surface area contributed by atoms with Crippen molar-refractivity contribution in [2.24, 2.45) is 5.41 Å². The Morgan fingerprint density at radius 3 is 2.71 bits per heavy atom. The Morgan fingerprint density at radius 1 is 1.17 bits per heavy atom. The highest BCUT2D eigenvalue weighted by Gasteiger charge is 2.49. The van der Waals surface area contributed by atoms with Crippen LogP contribution in [0.3, 0.4) is 0 Å². The Morgan fingerprint density at radius 2 is 1.96 bits per heavy atom. The van der Waals surface area contributed by atoms with Gasteiger partial charge in [0.2, 0.25) is 0 Å². The molecule has 1 atom stereocenters. The largest absolute Gasteiger partial charge is 0.388 e. The lowest BCUT2D eigenvalue weighted by Gasteiger charge is -2.23. The van der Waals surface area contributed by atoms with Crippen molar-refractivity contribution in [1.82, 2.24) is 10.3 Å². The van der Waals surface area contributed by atoms with Crippen LogP contribution in [0.1, 0.15) is 34.9 Å². The molecule has 1 aliphatic rings. The predicted octanol–water partition coefficient (Wildman–Crippen LogP) is 3.41. The van der Waals surface area contributed by atoms with Gasteiger partial charge in [0.15, 0.2) is 0 Å². The Balaban J connectivity index is 1.45. The predicted molar refractivity (Wildman–Crippen MR) is 93.7 cm³/mol. The molecule has 1 saturated carbocycles. The molecule has 3 N–H and O–H groups in total. The summed E-state index contributed by atoms with van der Waals surface area (Å²) in [7, 11) is 0. The first-order chi connectivity index (χ1) is 11.7. The zero-order chi connectivity index (χ0) is 16.6. The van der Waals surface area contributed by atoms with E-state index in [2.05, 4.69) is 10.3 Å². The van der Waals surface area contributed by atoms with Crippen LogP contribution < -0.4 is 5.32 Å². The van der Waals surface area contributed by atoms with Crippen LogP contribution in [0.5, 0.6) is 0 Å². The first kappa shape index (κ1) is 15.0. The number of aliphatic hydroxyl groups excluding tert-OH is 1. The number of amides is 1. The van der Waals surface area contributed by atoms with Gasteiger partial charge in [-0.25, -0.2) is 0 Å². The number of hydrogen-bond acceptors (Lipinski definition) is 2. The molecule has 2 aromatic carbocycles. The number of aromatic nitrogens is 1. The van der Waals surface area contributed by atoms with Crippen molar-refractivity contribution < 1.29 is 9.90 Å². The zero-order valence-corrected chi connectivity index (χ0v) is 13.3. The third-order valence-electron chi connectivity index (χ3n) is 5.01. The monoisotopic (exact) mass is 320 g/mol. The molecule has 4 nitrogen and oxygen atoms in total. The van der Waals surface area contributed by atoms with Crippen molar-refractivity contribution in [2.75, 3.05) is 6.54 Å². The first-order valence-corrected chi connectivity index (χ1v) is 8.26. The fourth-order valence-electron chi connectivity index (χ4n) is 3.24. The number of nitrogens with one attached hydrogen (secondary N) is 2. The molecule has 1 aromatic heterocycles. The fourth-order valence-corrected chi connectivity index (χ4v) is 3.24. The first-order valence-electron chi connectivity index (χ1n) is 8.26. The number of hydrogen-bond donors (Lipinski definition) is 3. The van der Waals surface area contributed by atoms with E-state index < -0.39 is 6.10 Å². The van der Waals surface area contributed by atoms with E-state index >= 15 is 0 Å². The number of carbonyl (C=O) groups excluding carboxylic acids is 1. The molecule has 0 saturated heterocycles. The van der Waals surface area contributed by atoms with Crippen LogP contribution in [-0.2, 0) is 0 Å².